The molecule has 3 N–H and O–H groups in total. The van der Waals surface area contributed by atoms with E-state index >= 15 is 0 Å². The van der Waals surface area contributed by atoms with Gasteiger partial charge >= 0.3 is 6.03 Å². The van der Waals surface area contributed by atoms with Crippen LogP contribution in [0.4, 0.5) is 4.79 Å². The van der Waals surface area contributed by atoms with Crippen LogP contribution in [-0.2, 0) is 17.8 Å². The maximum absolute atomic E-state index is 12.2. The summed E-state index contributed by atoms with van der Waals surface area (Å²) in [6.45, 7) is 3.41. The van der Waals surface area contributed by atoms with Gasteiger partial charge in [-0.1, -0.05) is 61.5 Å². The lowest BCUT2D eigenvalue weighted by Crippen LogP contribution is -2.39. The molecule has 1 atom stereocenters. The van der Waals surface area contributed by atoms with E-state index in [0.29, 0.717) is 19.6 Å². The molecular weight excluding hydrogens is 364 g/mol. The topological polar surface area (TPSA) is 73.5 Å². The first kappa shape index (κ1) is 22.4. The molecule has 0 saturated carbocycles. The van der Waals surface area contributed by atoms with Gasteiger partial charge in [-0.25, -0.2) is 4.79 Å². The highest BCUT2D eigenvalue weighted by Gasteiger charge is 2.15. The van der Waals surface area contributed by atoms with Gasteiger partial charge in [-0.05, 0) is 37.2 Å². The Labute approximate surface area is 173 Å². The third-order valence-electron chi connectivity index (χ3n) is 4.82. The second-order valence-electron chi connectivity index (χ2n) is 7.22. The van der Waals surface area contributed by atoms with Crippen LogP contribution in [0.2, 0.25) is 0 Å². The number of urea groups is 1. The molecule has 0 aliphatic rings. The lowest BCUT2D eigenvalue weighted by molar-refractivity contribution is -0.121. The Hall–Kier alpha value is -2.86. The van der Waals surface area contributed by atoms with Crippen LogP contribution in [0.15, 0.2) is 54.6 Å². The number of likely N-dealkylation sites (N-methyl/N-ethyl adjacent to an activating group) is 1. The van der Waals surface area contributed by atoms with Crippen LogP contribution in [0.5, 0.6) is 0 Å². The van der Waals surface area contributed by atoms with Crippen molar-refractivity contribution in [2.24, 2.45) is 0 Å². The fourth-order valence-electron chi connectivity index (χ4n) is 3.00. The third kappa shape index (κ3) is 7.95. The molecule has 6 heteroatoms. The van der Waals surface area contributed by atoms with E-state index in [1.165, 1.54) is 11.1 Å². The molecule has 0 aliphatic carbocycles. The highest BCUT2D eigenvalue weighted by atomic mass is 16.2. The molecule has 1 unspecified atom stereocenters. The SMILES string of the molecule is CCc1ccc(C(CNC(=O)CCNC(=O)NCc2ccccc2)N(C)C)cc1. The lowest BCUT2D eigenvalue weighted by atomic mass is 10.0. The third-order valence-corrected chi connectivity index (χ3v) is 4.82. The average Bonchev–Trinajstić information content (AvgIpc) is 2.73. The zero-order valence-corrected chi connectivity index (χ0v) is 17.6. The molecule has 0 aromatic heterocycles. The van der Waals surface area contributed by atoms with E-state index in [1.54, 1.807) is 0 Å². The molecule has 0 aliphatic heterocycles. The summed E-state index contributed by atoms with van der Waals surface area (Å²) < 4.78 is 0. The van der Waals surface area contributed by atoms with E-state index in [1.807, 2.05) is 44.4 Å². The standard InChI is InChI=1S/C23H32N4O2/c1-4-18-10-12-20(13-11-18)21(27(2)3)17-25-22(28)14-15-24-23(29)26-16-19-8-6-5-7-9-19/h5-13,21H,4,14-17H2,1-3H3,(H,25,28)(H2,24,26,29). The number of nitrogens with one attached hydrogen (secondary N) is 3. The molecule has 29 heavy (non-hydrogen) atoms. The monoisotopic (exact) mass is 396 g/mol. The minimum Gasteiger partial charge on any atom is -0.354 e. The Bertz CT molecular complexity index is 760. The van der Waals surface area contributed by atoms with Gasteiger partial charge in [-0.15, -0.1) is 0 Å². The Morgan fingerprint density at radius 2 is 1.59 bits per heavy atom. The Balaban J connectivity index is 1.69. The number of rotatable bonds is 10. The van der Waals surface area contributed by atoms with Crippen molar-refractivity contribution >= 4 is 11.9 Å². The molecule has 3 amide bonds. The first-order valence-corrected chi connectivity index (χ1v) is 10.1. The van der Waals surface area contributed by atoms with Crippen molar-refractivity contribution in [3.05, 3.63) is 71.3 Å². The Morgan fingerprint density at radius 3 is 2.21 bits per heavy atom. The average molecular weight is 397 g/mol. The molecule has 0 heterocycles. The smallest absolute Gasteiger partial charge is 0.315 e. The largest absolute Gasteiger partial charge is 0.354 e. The Kier molecular flexibility index (Phi) is 9.18. The maximum atomic E-state index is 12.2. The summed E-state index contributed by atoms with van der Waals surface area (Å²) in [6.07, 6.45) is 1.25. The van der Waals surface area contributed by atoms with E-state index in [9.17, 15) is 9.59 Å². The summed E-state index contributed by atoms with van der Waals surface area (Å²) in [5.74, 6) is -0.0783. The van der Waals surface area contributed by atoms with Gasteiger partial charge in [0.2, 0.25) is 5.91 Å². The van der Waals surface area contributed by atoms with Crippen LogP contribution < -0.4 is 16.0 Å². The summed E-state index contributed by atoms with van der Waals surface area (Å²) in [5.41, 5.74) is 3.50. The fraction of sp³-hybridized carbons (Fsp3) is 0.391. The molecule has 2 aromatic carbocycles. The minimum atomic E-state index is -0.274. The van der Waals surface area contributed by atoms with Crippen LogP contribution >= 0.6 is 0 Å². The molecular formula is C23H32N4O2. The van der Waals surface area contributed by atoms with Crippen molar-refractivity contribution in [2.45, 2.75) is 32.4 Å². The summed E-state index contributed by atoms with van der Waals surface area (Å²) in [6, 6.07) is 18.0. The fourth-order valence-corrected chi connectivity index (χ4v) is 3.00. The summed E-state index contributed by atoms with van der Waals surface area (Å²) >= 11 is 0. The van der Waals surface area contributed by atoms with Gasteiger partial charge in [-0.3, -0.25) is 4.79 Å². The molecule has 0 radical (unpaired) electrons. The quantitative estimate of drug-likeness (QED) is 0.578. The van der Waals surface area contributed by atoms with Crippen LogP contribution in [0, 0.1) is 0 Å². The van der Waals surface area contributed by atoms with E-state index < -0.39 is 0 Å². The number of hydrogen-bond acceptors (Lipinski definition) is 3. The molecule has 0 bridgehead atoms. The number of carbonyl (C=O) groups excluding carboxylic acids is 2. The van der Waals surface area contributed by atoms with Gasteiger partial charge in [0.1, 0.15) is 0 Å². The number of hydrogen-bond donors (Lipinski definition) is 3. The Morgan fingerprint density at radius 1 is 0.897 bits per heavy atom. The zero-order valence-electron chi connectivity index (χ0n) is 17.6. The summed E-state index contributed by atoms with van der Waals surface area (Å²) in [7, 11) is 4.01. The van der Waals surface area contributed by atoms with Crippen molar-refractivity contribution in [2.75, 3.05) is 27.2 Å². The summed E-state index contributed by atoms with van der Waals surface area (Å²) in [5, 5.41) is 8.47. The molecule has 2 rings (SSSR count). The van der Waals surface area contributed by atoms with Crippen LogP contribution in [0.1, 0.15) is 36.1 Å². The molecule has 2 aromatic rings. The number of amides is 3. The number of carbonyl (C=O) groups is 2. The van der Waals surface area contributed by atoms with Crippen molar-refractivity contribution in [1.29, 1.82) is 0 Å². The van der Waals surface area contributed by atoms with Crippen molar-refractivity contribution in [3.63, 3.8) is 0 Å². The van der Waals surface area contributed by atoms with Crippen LogP contribution in [0.3, 0.4) is 0 Å². The molecule has 0 spiro atoms. The second-order valence-corrected chi connectivity index (χ2v) is 7.22. The zero-order chi connectivity index (χ0) is 21.1. The van der Waals surface area contributed by atoms with Gasteiger partial charge in [0, 0.05) is 26.1 Å². The first-order valence-electron chi connectivity index (χ1n) is 10.1. The predicted octanol–water partition coefficient (Wildman–Crippen LogP) is 2.86. The molecule has 156 valence electrons. The number of aryl methyl sites for hydroxylation is 1. The van der Waals surface area contributed by atoms with Crippen molar-refractivity contribution in [3.8, 4) is 0 Å². The normalized spacial score (nSPS) is 11.7. The van der Waals surface area contributed by atoms with Gasteiger partial charge < -0.3 is 20.9 Å². The van der Waals surface area contributed by atoms with Crippen molar-refractivity contribution in [1.82, 2.24) is 20.9 Å². The van der Waals surface area contributed by atoms with Crippen molar-refractivity contribution < 1.29 is 9.59 Å². The molecule has 0 fully saturated rings. The van der Waals surface area contributed by atoms with Gasteiger partial charge in [0.25, 0.3) is 0 Å². The van der Waals surface area contributed by atoms with Gasteiger partial charge in [-0.2, -0.15) is 0 Å². The highest BCUT2D eigenvalue weighted by Crippen LogP contribution is 2.18. The van der Waals surface area contributed by atoms with Crippen LogP contribution in [0.25, 0.3) is 0 Å². The molecule has 6 nitrogen and oxygen atoms in total. The maximum Gasteiger partial charge on any atom is 0.315 e. The highest BCUT2D eigenvalue weighted by molar-refractivity contribution is 5.78. The summed E-state index contributed by atoms with van der Waals surface area (Å²) in [4.78, 5) is 26.1. The van der Waals surface area contributed by atoms with Gasteiger partial charge in [0.05, 0.1) is 6.04 Å². The predicted molar refractivity (Wildman–Crippen MR) is 117 cm³/mol. The number of benzene rings is 2. The molecule has 0 saturated heterocycles. The van der Waals surface area contributed by atoms with Gasteiger partial charge in [0.15, 0.2) is 0 Å². The number of nitrogens with zero attached hydrogens (tertiary/aromatic N) is 1. The second kappa shape index (κ2) is 11.9. The first-order chi connectivity index (χ1) is 14.0. The van der Waals surface area contributed by atoms with E-state index in [2.05, 4.69) is 52.0 Å². The van der Waals surface area contributed by atoms with E-state index in [4.69, 9.17) is 0 Å². The lowest BCUT2D eigenvalue weighted by Gasteiger charge is -2.25. The van der Waals surface area contributed by atoms with E-state index in [0.717, 1.165) is 12.0 Å². The van der Waals surface area contributed by atoms with E-state index in [-0.39, 0.29) is 24.4 Å². The minimum absolute atomic E-state index is 0.0783. The van der Waals surface area contributed by atoms with Crippen LogP contribution in [-0.4, -0.2) is 44.0 Å².